The summed E-state index contributed by atoms with van der Waals surface area (Å²) in [5.41, 5.74) is 1.30. The molecule has 2 amide bonds. The highest BCUT2D eigenvalue weighted by Crippen LogP contribution is 2.54. The van der Waals surface area contributed by atoms with Gasteiger partial charge in [0.25, 0.3) is 6.43 Å². The molecule has 6 rings (SSSR count). The normalized spacial score (nSPS) is 27.0. The number of benzene rings is 1. The largest absolute Gasteiger partial charge is 0.487 e. The van der Waals surface area contributed by atoms with Crippen LogP contribution in [0.25, 0.3) is 0 Å². The van der Waals surface area contributed by atoms with E-state index in [2.05, 4.69) is 17.2 Å². The van der Waals surface area contributed by atoms with E-state index in [1.54, 1.807) is 12.1 Å². The number of aromatic nitrogens is 3. The first-order valence-corrected chi connectivity index (χ1v) is 14.8. The third-order valence-corrected chi connectivity index (χ3v) is 9.97. The van der Waals surface area contributed by atoms with E-state index < -0.39 is 18.6 Å². The Bertz CT molecular complexity index is 1350. The van der Waals surface area contributed by atoms with E-state index >= 15 is 0 Å². The third-order valence-electron chi connectivity index (χ3n) is 9.61. The van der Waals surface area contributed by atoms with E-state index in [0.29, 0.717) is 61.7 Å². The number of carbonyl (C=O) groups excluding carboxylic acids is 2. The molecule has 1 saturated heterocycles. The zero-order chi connectivity index (χ0) is 29.1. The molecule has 1 N–H and O–H groups in total. The number of hydrogen-bond donors (Lipinski definition) is 1. The maximum Gasteiger partial charge on any atom is 0.282 e. The molecule has 3 heterocycles. The summed E-state index contributed by atoms with van der Waals surface area (Å²) in [4.78, 5) is 30.9. The maximum absolute atomic E-state index is 14.2. The van der Waals surface area contributed by atoms with E-state index in [1.165, 1.54) is 7.05 Å². The van der Waals surface area contributed by atoms with Gasteiger partial charge in [-0.25, -0.2) is 13.5 Å². The van der Waals surface area contributed by atoms with Crippen LogP contribution in [0.1, 0.15) is 80.4 Å². The predicted octanol–water partition coefficient (Wildman–Crippen LogP) is 4.22. The number of ether oxygens (including phenoxy) is 1. The number of amides is 2. The van der Waals surface area contributed by atoms with Gasteiger partial charge in [-0.3, -0.25) is 9.59 Å². The van der Waals surface area contributed by atoms with E-state index in [9.17, 15) is 23.5 Å². The van der Waals surface area contributed by atoms with Gasteiger partial charge >= 0.3 is 0 Å². The molecule has 0 unspecified atom stereocenters. The minimum atomic E-state index is -2.77. The Morgan fingerprint density at radius 2 is 2.07 bits per heavy atom. The zero-order valence-corrected chi connectivity index (χ0v) is 24.1. The second-order valence-electron chi connectivity index (χ2n) is 12.4. The topological polar surface area (TPSA) is 101 Å². The fraction of sp³-hybridized carbons (Fsp3) is 0.655. The van der Waals surface area contributed by atoms with E-state index in [1.807, 2.05) is 9.80 Å². The number of aliphatic hydroxyl groups excluding tert-OH is 1. The average Bonchev–Trinajstić information content (AvgIpc) is 3.46. The first-order chi connectivity index (χ1) is 19.6. The fourth-order valence-electron chi connectivity index (χ4n) is 7.01. The quantitative estimate of drug-likeness (QED) is 0.517. The van der Waals surface area contributed by atoms with Crippen LogP contribution in [0.15, 0.2) is 12.1 Å². The number of hydrogen-bond acceptors (Lipinski definition) is 6. The molecule has 3 fully saturated rings. The lowest BCUT2D eigenvalue weighted by Gasteiger charge is -2.43. The molecule has 2 aliphatic heterocycles. The first-order valence-electron chi connectivity index (χ1n) is 14.4. The summed E-state index contributed by atoms with van der Waals surface area (Å²) < 4.78 is 34.5. The molecule has 2 saturated carbocycles. The second-order valence-corrected chi connectivity index (χ2v) is 12.8. The van der Waals surface area contributed by atoms with Crippen molar-refractivity contribution in [2.24, 2.45) is 24.3 Å². The predicted molar refractivity (Wildman–Crippen MR) is 145 cm³/mol. The highest BCUT2D eigenvalue weighted by molar-refractivity contribution is 6.31. The van der Waals surface area contributed by atoms with Crippen LogP contribution in [0.3, 0.4) is 0 Å². The number of carbonyl (C=O) groups is 2. The van der Waals surface area contributed by atoms with Gasteiger partial charge in [0, 0.05) is 49.6 Å². The van der Waals surface area contributed by atoms with Crippen LogP contribution in [-0.2, 0) is 29.7 Å². The highest BCUT2D eigenvalue weighted by atomic mass is 35.5. The van der Waals surface area contributed by atoms with Gasteiger partial charge in [0.05, 0.1) is 12.1 Å². The second kappa shape index (κ2) is 10.8. The van der Waals surface area contributed by atoms with Gasteiger partial charge in [0.2, 0.25) is 11.8 Å². The lowest BCUT2D eigenvalue weighted by atomic mass is 9.77. The maximum atomic E-state index is 14.2. The molecule has 4 aliphatic rings. The number of likely N-dealkylation sites (tertiary alicyclic amines) is 1. The van der Waals surface area contributed by atoms with Crippen LogP contribution in [0.5, 0.6) is 5.75 Å². The average molecular weight is 592 g/mol. The smallest absolute Gasteiger partial charge is 0.282 e. The van der Waals surface area contributed by atoms with Crippen molar-refractivity contribution < 1.29 is 28.2 Å². The monoisotopic (exact) mass is 591 g/mol. The van der Waals surface area contributed by atoms with Crippen LogP contribution in [0, 0.1) is 17.3 Å². The molecule has 0 radical (unpaired) electrons. The summed E-state index contributed by atoms with van der Waals surface area (Å²) >= 11 is 6.69. The Balaban J connectivity index is 1.36. The highest BCUT2D eigenvalue weighted by Gasteiger charge is 2.52. The number of rotatable bonds is 7. The molecule has 1 spiro atoms. The van der Waals surface area contributed by atoms with Gasteiger partial charge in [-0.1, -0.05) is 23.7 Å². The van der Waals surface area contributed by atoms with Crippen molar-refractivity contribution in [3.63, 3.8) is 0 Å². The van der Waals surface area contributed by atoms with Gasteiger partial charge in [-0.05, 0) is 67.6 Å². The van der Waals surface area contributed by atoms with Gasteiger partial charge < -0.3 is 19.6 Å². The molecule has 222 valence electrons. The standard InChI is InChI=1S/C29H36ClF2N5O4/c1-16-3-4-17(38)11-19(16)28(40)37-10-7-18-20(30)5-6-23(41-14-21-26(27(31)32)35(2)34-33-21)25(18)22(37)13-36-15-29(8-9-29)12-24(36)39/h5-6,16-17,19,22,27,38H,3-4,7-15H2,1-2H3/t16-,17+,19+,22+/m0/s1. The number of alkyl halides is 2. The molecule has 2 aliphatic carbocycles. The molecule has 4 atom stereocenters. The Morgan fingerprint density at radius 1 is 1.29 bits per heavy atom. The van der Waals surface area contributed by atoms with E-state index in [-0.39, 0.29) is 47.1 Å². The number of fused-ring (bicyclic) bond motifs is 1. The van der Waals surface area contributed by atoms with Crippen LogP contribution < -0.4 is 4.74 Å². The Kier molecular flexibility index (Phi) is 7.46. The van der Waals surface area contributed by atoms with Gasteiger partial charge in [0.1, 0.15) is 23.7 Å². The van der Waals surface area contributed by atoms with Gasteiger partial charge in [-0.15, -0.1) is 5.10 Å². The van der Waals surface area contributed by atoms with Crippen molar-refractivity contribution in [3.8, 4) is 5.75 Å². The molecule has 12 heteroatoms. The summed E-state index contributed by atoms with van der Waals surface area (Å²) in [5, 5.41) is 18.5. The molecule has 1 aromatic carbocycles. The first kappa shape index (κ1) is 28.3. The van der Waals surface area contributed by atoms with Crippen molar-refractivity contribution in [1.29, 1.82) is 0 Å². The molecule has 41 heavy (non-hydrogen) atoms. The van der Waals surface area contributed by atoms with Crippen LogP contribution in [-0.4, -0.2) is 67.5 Å². The molecule has 1 aromatic heterocycles. The lowest BCUT2D eigenvalue weighted by Crippen LogP contribution is -2.50. The van der Waals surface area contributed by atoms with Crippen LogP contribution in [0.4, 0.5) is 8.78 Å². The minimum absolute atomic E-state index is 0.0295. The van der Waals surface area contributed by atoms with Crippen molar-refractivity contribution in [2.75, 3.05) is 19.6 Å². The van der Waals surface area contributed by atoms with Crippen LogP contribution >= 0.6 is 11.6 Å². The van der Waals surface area contributed by atoms with Gasteiger partial charge in [0.15, 0.2) is 0 Å². The fourth-order valence-corrected chi connectivity index (χ4v) is 7.27. The number of aryl methyl sites for hydroxylation is 1. The Labute approximate surface area is 242 Å². The minimum Gasteiger partial charge on any atom is -0.487 e. The van der Waals surface area contributed by atoms with Crippen molar-refractivity contribution in [2.45, 2.75) is 77.0 Å². The van der Waals surface area contributed by atoms with Crippen LogP contribution in [0.2, 0.25) is 5.02 Å². The molecular formula is C29H36ClF2N5O4. The van der Waals surface area contributed by atoms with Crippen molar-refractivity contribution in [3.05, 3.63) is 39.7 Å². The number of nitrogens with zero attached hydrogens (tertiary/aromatic N) is 5. The summed E-state index contributed by atoms with van der Waals surface area (Å²) in [5.74, 6) is 0.245. The molecular weight excluding hydrogens is 556 g/mol. The summed E-state index contributed by atoms with van der Waals surface area (Å²) in [7, 11) is 1.41. The molecule has 0 bridgehead atoms. The van der Waals surface area contributed by atoms with E-state index in [4.69, 9.17) is 16.3 Å². The Hall–Kier alpha value is -2.79. The summed E-state index contributed by atoms with van der Waals surface area (Å²) in [6.45, 7) is 3.19. The molecule has 9 nitrogen and oxygen atoms in total. The lowest BCUT2D eigenvalue weighted by molar-refractivity contribution is -0.144. The summed E-state index contributed by atoms with van der Waals surface area (Å²) in [6, 6.07) is 2.89. The van der Waals surface area contributed by atoms with Crippen molar-refractivity contribution in [1.82, 2.24) is 24.8 Å². The molecule has 2 aromatic rings. The number of aliphatic hydroxyl groups is 1. The number of halogens is 3. The summed E-state index contributed by atoms with van der Waals surface area (Å²) in [6.07, 6.45) is 1.64. The van der Waals surface area contributed by atoms with Gasteiger partial charge in [-0.2, -0.15) is 0 Å². The Morgan fingerprint density at radius 3 is 2.78 bits per heavy atom. The third kappa shape index (κ3) is 5.31. The zero-order valence-electron chi connectivity index (χ0n) is 23.4. The van der Waals surface area contributed by atoms with E-state index in [0.717, 1.165) is 29.5 Å². The SMILES string of the molecule is C[C@H]1CC[C@@H](O)C[C@H]1C(=O)N1CCc2c(Cl)ccc(OCc3nnn(C)c3C(F)F)c2[C@H]1CN1CC2(CC2)CC1=O. The van der Waals surface area contributed by atoms with Crippen molar-refractivity contribution >= 4 is 23.4 Å².